The fourth-order valence-corrected chi connectivity index (χ4v) is 2.30. The number of hydrogen-bond donors (Lipinski definition) is 1. The summed E-state index contributed by atoms with van der Waals surface area (Å²) in [5.41, 5.74) is 7.44. The van der Waals surface area contributed by atoms with Crippen LogP contribution in [0.5, 0.6) is 0 Å². The van der Waals surface area contributed by atoms with Crippen molar-refractivity contribution < 1.29 is 4.39 Å². The molecule has 0 aromatic heterocycles. The molecule has 0 radical (unpaired) electrons. The smallest absolute Gasteiger partial charge is 0.125 e. The topological polar surface area (TPSA) is 29.3 Å². The third kappa shape index (κ3) is 3.19. The van der Waals surface area contributed by atoms with Crippen molar-refractivity contribution >= 4 is 5.69 Å². The van der Waals surface area contributed by atoms with Crippen molar-refractivity contribution in [2.75, 3.05) is 18.8 Å². The van der Waals surface area contributed by atoms with Crippen LogP contribution in [0, 0.1) is 11.7 Å². The normalized spacial score (nSPS) is 16.2. The van der Waals surface area contributed by atoms with Crippen LogP contribution in [0.3, 0.4) is 0 Å². The van der Waals surface area contributed by atoms with Crippen LogP contribution in [0.2, 0.25) is 0 Å². The lowest BCUT2D eigenvalue weighted by Gasteiger charge is -2.32. The number of hydrogen-bond acceptors (Lipinski definition) is 2. The van der Waals surface area contributed by atoms with Gasteiger partial charge in [-0.25, -0.2) is 4.39 Å². The molecule has 1 aliphatic carbocycles. The first-order valence-corrected chi connectivity index (χ1v) is 6.45. The fourth-order valence-electron chi connectivity index (χ4n) is 2.30. The minimum atomic E-state index is -0.256. The summed E-state index contributed by atoms with van der Waals surface area (Å²) < 4.78 is 12.9. The number of nitrogens with two attached hydrogens (primary N) is 1. The van der Waals surface area contributed by atoms with Gasteiger partial charge in [-0.15, -0.1) is 0 Å². The Labute approximate surface area is 103 Å². The number of benzene rings is 1. The first-order chi connectivity index (χ1) is 8.19. The molecule has 0 spiro atoms. The van der Waals surface area contributed by atoms with Gasteiger partial charge in [0.25, 0.3) is 0 Å². The van der Waals surface area contributed by atoms with Crippen molar-refractivity contribution in [1.82, 2.24) is 4.90 Å². The lowest BCUT2D eigenvalue weighted by Crippen LogP contribution is -2.32. The number of nitrogens with zero attached hydrogens (tertiary/aromatic N) is 1. The number of rotatable bonds is 5. The van der Waals surface area contributed by atoms with E-state index in [4.69, 9.17) is 5.73 Å². The van der Waals surface area contributed by atoms with Crippen LogP contribution in [-0.2, 0) is 6.54 Å². The maximum atomic E-state index is 12.9. The van der Waals surface area contributed by atoms with Crippen LogP contribution in [0.15, 0.2) is 18.2 Å². The second kappa shape index (κ2) is 5.50. The van der Waals surface area contributed by atoms with E-state index < -0.39 is 0 Å². The maximum Gasteiger partial charge on any atom is 0.125 e. The van der Waals surface area contributed by atoms with Gasteiger partial charge in [0.2, 0.25) is 0 Å². The molecular formula is C14H21FN2. The predicted octanol–water partition coefficient (Wildman–Crippen LogP) is 3.03. The SMILES string of the molecule is CCN(Cc1ccc(F)cc1N)CC1CCC1. The van der Waals surface area contributed by atoms with Crippen LogP contribution in [-0.4, -0.2) is 18.0 Å². The zero-order chi connectivity index (χ0) is 12.3. The molecule has 1 aromatic carbocycles. The minimum absolute atomic E-state index is 0.256. The van der Waals surface area contributed by atoms with Gasteiger partial charge in [-0.2, -0.15) is 0 Å². The van der Waals surface area contributed by atoms with Gasteiger partial charge < -0.3 is 5.73 Å². The monoisotopic (exact) mass is 236 g/mol. The van der Waals surface area contributed by atoms with Gasteiger partial charge in [0, 0.05) is 18.8 Å². The minimum Gasteiger partial charge on any atom is -0.398 e. The predicted molar refractivity (Wildman–Crippen MR) is 69.1 cm³/mol. The molecule has 0 amide bonds. The quantitative estimate of drug-likeness (QED) is 0.796. The van der Waals surface area contributed by atoms with Gasteiger partial charge in [-0.1, -0.05) is 19.4 Å². The van der Waals surface area contributed by atoms with Crippen molar-refractivity contribution in [2.24, 2.45) is 5.92 Å². The molecule has 0 atom stereocenters. The summed E-state index contributed by atoms with van der Waals surface area (Å²) in [5, 5.41) is 0. The van der Waals surface area contributed by atoms with Crippen LogP contribution in [0.4, 0.5) is 10.1 Å². The highest BCUT2D eigenvalue weighted by atomic mass is 19.1. The Kier molecular flexibility index (Phi) is 4.00. The number of anilines is 1. The maximum absolute atomic E-state index is 12.9. The summed E-state index contributed by atoms with van der Waals surface area (Å²) in [6.45, 7) is 5.16. The van der Waals surface area contributed by atoms with E-state index in [-0.39, 0.29) is 5.82 Å². The Morgan fingerprint density at radius 1 is 1.41 bits per heavy atom. The summed E-state index contributed by atoms with van der Waals surface area (Å²) in [5.74, 6) is 0.602. The van der Waals surface area contributed by atoms with Gasteiger partial charge in [-0.3, -0.25) is 4.90 Å². The van der Waals surface area contributed by atoms with E-state index in [0.29, 0.717) is 5.69 Å². The number of halogens is 1. The first-order valence-electron chi connectivity index (χ1n) is 6.45. The zero-order valence-electron chi connectivity index (χ0n) is 10.5. The van der Waals surface area contributed by atoms with Crippen LogP contribution in [0.1, 0.15) is 31.7 Å². The highest BCUT2D eigenvalue weighted by Crippen LogP contribution is 2.27. The van der Waals surface area contributed by atoms with Gasteiger partial charge in [0.1, 0.15) is 5.82 Å². The van der Waals surface area contributed by atoms with E-state index >= 15 is 0 Å². The molecule has 0 unspecified atom stereocenters. The zero-order valence-corrected chi connectivity index (χ0v) is 10.5. The van der Waals surface area contributed by atoms with Crippen LogP contribution >= 0.6 is 0 Å². The molecule has 17 heavy (non-hydrogen) atoms. The average molecular weight is 236 g/mol. The Hall–Kier alpha value is -1.09. The van der Waals surface area contributed by atoms with Crippen molar-refractivity contribution in [3.63, 3.8) is 0 Å². The molecule has 2 nitrogen and oxygen atoms in total. The van der Waals surface area contributed by atoms with Gasteiger partial charge in [0.15, 0.2) is 0 Å². The van der Waals surface area contributed by atoms with E-state index in [1.54, 1.807) is 6.07 Å². The fraction of sp³-hybridized carbons (Fsp3) is 0.571. The van der Waals surface area contributed by atoms with Crippen LogP contribution in [0.25, 0.3) is 0 Å². The van der Waals surface area contributed by atoms with Gasteiger partial charge in [-0.05, 0) is 43.0 Å². The molecule has 0 heterocycles. The molecule has 0 bridgehead atoms. The van der Waals surface area contributed by atoms with Crippen molar-refractivity contribution in [2.45, 2.75) is 32.7 Å². The molecule has 0 saturated heterocycles. The summed E-state index contributed by atoms with van der Waals surface area (Å²) in [6.07, 6.45) is 4.09. The highest BCUT2D eigenvalue weighted by Gasteiger charge is 2.20. The Bertz CT molecular complexity index is 374. The Morgan fingerprint density at radius 2 is 2.18 bits per heavy atom. The summed E-state index contributed by atoms with van der Waals surface area (Å²) in [7, 11) is 0. The highest BCUT2D eigenvalue weighted by molar-refractivity contribution is 5.46. The summed E-state index contributed by atoms with van der Waals surface area (Å²) in [6, 6.07) is 4.70. The number of nitrogen functional groups attached to an aromatic ring is 1. The molecule has 1 saturated carbocycles. The molecule has 0 aliphatic heterocycles. The van der Waals surface area contributed by atoms with E-state index in [9.17, 15) is 4.39 Å². The van der Waals surface area contributed by atoms with E-state index in [0.717, 1.165) is 31.1 Å². The molecule has 2 rings (SSSR count). The third-order valence-electron chi connectivity index (χ3n) is 3.69. The van der Waals surface area contributed by atoms with Gasteiger partial charge >= 0.3 is 0 Å². The van der Waals surface area contributed by atoms with Crippen LogP contribution < -0.4 is 5.73 Å². The molecule has 1 aliphatic rings. The van der Waals surface area contributed by atoms with Crippen molar-refractivity contribution in [3.05, 3.63) is 29.6 Å². The second-order valence-corrected chi connectivity index (χ2v) is 4.97. The first kappa shape index (κ1) is 12.4. The molecule has 94 valence electrons. The lowest BCUT2D eigenvalue weighted by molar-refractivity contribution is 0.178. The second-order valence-electron chi connectivity index (χ2n) is 4.97. The van der Waals surface area contributed by atoms with E-state index in [1.165, 1.54) is 31.4 Å². The van der Waals surface area contributed by atoms with Crippen molar-refractivity contribution in [1.29, 1.82) is 0 Å². The van der Waals surface area contributed by atoms with Gasteiger partial charge in [0.05, 0.1) is 0 Å². The lowest BCUT2D eigenvalue weighted by atomic mass is 9.85. The third-order valence-corrected chi connectivity index (χ3v) is 3.69. The Balaban J connectivity index is 1.96. The largest absolute Gasteiger partial charge is 0.398 e. The summed E-state index contributed by atoms with van der Waals surface area (Å²) >= 11 is 0. The van der Waals surface area contributed by atoms with E-state index in [2.05, 4.69) is 11.8 Å². The average Bonchev–Trinajstić information content (AvgIpc) is 2.24. The molecule has 1 aromatic rings. The molecule has 2 N–H and O–H groups in total. The summed E-state index contributed by atoms with van der Waals surface area (Å²) in [4.78, 5) is 2.40. The molecule has 3 heteroatoms. The standard InChI is InChI=1S/C14H21FN2/c1-2-17(9-11-4-3-5-11)10-12-6-7-13(15)8-14(12)16/h6-8,11H,2-5,9-10,16H2,1H3. The molecule has 1 fully saturated rings. The van der Waals surface area contributed by atoms with Crippen molar-refractivity contribution in [3.8, 4) is 0 Å². The van der Waals surface area contributed by atoms with E-state index in [1.807, 2.05) is 0 Å². The Morgan fingerprint density at radius 3 is 2.71 bits per heavy atom. The molecular weight excluding hydrogens is 215 g/mol.